The van der Waals surface area contributed by atoms with Crippen LogP contribution in [-0.2, 0) is 3.79 Å². The number of nitrogens with zero attached hydrogens (tertiary/aromatic N) is 3. The van der Waals surface area contributed by atoms with E-state index in [1.807, 2.05) is 0 Å². The zero-order valence-electron chi connectivity index (χ0n) is 7.54. The summed E-state index contributed by atoms with van der Waals surface area (Å²) in [7, 11) is 0. The fraction of sp³-hybridized carbons (Fsp3) is 0.143. The van der Waals surface area contributed by atoms with Crippen molar-refractivity contribution in [3.8, 4) is 0 Å². The number of halogens is 3. The molecular formula is C7H4Cl3N5O. The Morgan fingerprint density at radius 2 is 2.00 bits per heavy atom. The summed E-state index contributed by atoms with van der Waals surface area (Å²) in [5, 5.41) is 0. The lowest BCUT2D eigenvalue weighted by Crippen LogP contribution is -2.15. The first-order valence-electron chi connectivity index (χ1n) is 3.97. The molecule has 0 aliphatic rings. The number of aromatic amines is 1. The molecule has 9 heteroatoms. The molecule has 0 unspecified atom stereocenters. The van der Waals surface area contributed by atoms with Gasteiger partial charge in [0.15, 0.2) is 11.2 Å². The second-order valence-electron chi connectivity index (χ2n) is 2.88. The van der Waals surface area contributed by atoms with Crippen molar-refractivity contribution in [2.75, 3.05) is 5.73 Å². The predicted octanol–water partition coefficient (Wildman–Crippen LogP) is 1.12. The first kappa shape index (κ1) is 11.4. The average Bonchev–Trinajstić information content (AvgIpc) is 2.15. The van der Waals surface area contributed by atoms with E-state index in [2.05, 4.69) is 19.9 Å². The van der Waals surface area contributed by atoms with Crippen LogP contribution < -0.4 is 11.3 Å². The number of nitrogens with one attached hydrogen (secondary N) is 1. The maximum atomic E-state index is 11.5. The number of fused-ring (bicyclic) bond motifs is 1. The molecule has 6 nitrogen and oxygen atoms in total. The first-order chi connectivity index (χ1) is 7.38. The van der Waals surface area contributed by atoms with E-state index in [9.17, 15) is 4.79 Å². The smallest absolute Gasteiger partial charge is 0.280 e. The molecule has 2 heterocycles. The third-order valence-electron chi connectivity index (χ3n) is 1.73. The zero-order valence-corrected chi connectivity index (χ0v) is 9.81. The van der Waals surface area contributed by atoms with E-state index < -0.39 is 9.35 Å². The van der Waals surface area contributed by atoms with Gasteiger partial charge in [0, 0.05) is 0 Å². The Hall–Kier alpha value is -1.11. The molecule has 0 atom stereocenters. The van der Waals surface area contributed by atoms with Crippen molar-refractivity contribution in [1.29, 1.82) is 0 Å². The Balaban J connectivity index is 2.77. The largest absolute Gasteiger partial charge is 0.369 e. The number of hydrogen-bond acceptors (Lipinski definition) is 5. The molecule has 0 spiro atoms. The minimum absolute atomic E-state index is 0.0296. The van der Waals surface area contributed by atoms with Crippen molar-refractivity contribution in [2.24, 2.45) is 0 Å². The molecule has 0 aliphatic carbocycles. The number of H-pyrrole nitrogens is 1. The van der Waals surface area contributed by atoms with E-state index in [0.717, 1.165) is 0 Å². The average molecular weight is 281 g/mol. The van der Waals surface area contributed by atoms with Gasteiger partial charge in [-0.2, -0.15) is 4.98 Å². The number of nitrogen functional groups attached to an aromatic ring is 1. The third kappa shape index (κ3) is 2.04. The number of rotatable bonds is 0. The van der Waals surface area contributed by atoms with Crippen molar-refractivity contribution in [3.63, 3.8) is 0 Å². The lowest BCUT2D eigenvalue weighted by Gasteiger charge is -2.09. The predicted molar refractivity (Wildman–Crippen MR) is 61.6 cm³/mol. The number of aromatic nitrogens is 4. The SMILES string of the molecule is Nc1nc2ncc(C(Cl)(Cl)Cl)nc2c(=O)[nH]1. The van der Waals surface area contributed by atoms with Crippen molar-refractivity contribution in [2.45, 2.75) is 3.79 Å². The second-order valence-corrected chi connectivity index (χ2v) is 5.16. The Bertz CT molecular complexity index is 605. The zero-order chi connectivity index (χ0) is 11.9. The molecule has 0 fully saturated rings. The molecule has 84 valence electrons. The highest BCUT2D eigenvalue weighted by atomic mass is 35.6. The Morgan fingerprint density at radius 3 is 2.62 bits per heavy atom. The second kappa shape index (κ2) is 3.73. The highest BCUT2D eigenvalue weighted by molar-refractivity contribution is 6.66. The molecule has 0 amide bonds. The molecule has 16 heavy (non-hydrogen) atoms. The van der Waals surface area contributed by atoms with Gasteiger partial charge in [0.05, 0.1) is 6.20 Å². The van der Waals surface area contributed by atoms with Gasteiger partial charge >= 0.3 is 0 Å². The van der Waals surface area contributed by atoms with Gasteiger partial charge in [-0.15, -0.1) is 0 Å². The number of anilines is 1. The van der Waals surface area contributed by atoms with Gasteiger partial charge < -0.3 is 5.73 Å². The van der Waals surface area contributed by atoms with Crippen molar-refractivity contribution in [3.05, 3.63) is 22.2 Å². The number of alkyl halides is 3. The molecule has 3 N–H and O–H groups in total. The van der Waals surface area contributed by atoms with Crippen LogP contribution in [0.25, 0.3) is 11.2 Å². The standard InChI is InChI=1S/C7H4Cl3N5O/c8-7(9,10)2-1-12-4-3(13-2)5(16)15-6(11)14-4/h1H,(H3,11,12,14,15,16). The van der Waals surface area contributed by atoms with Gasteiger partial charge in [-0.05, 0) is 0 Å². The molecule has 2 aromatic rings. The van der Waals surface area contributed by atoms with E-state index in [1.165, 1.54) is 6.20 Å². The Labute approximate surface area is 104 Å². The molecule has 2 rings (SSSR count). The Morgan fingerprint density at radius 1 is 1.31 bits per heavy atom. The van der Waals surface area contributed by atoms with Crippen LogP contribution in [0.3, 0.4) is 0 Å². The molecule has 0 aromatic carbocycles. The fourth-order valence-electron chi connectivity index (χ4n) is 1.07. The highest BCUT2D eigenvalue weighted by Crippen LogP contribution is 2.36. The lowest BCUT2D eigenvalue weighted by molar-refractivity contribution is 1.04. The summed E-state index contributed by atoms with van der Waals surface area (Å²) in [5.74, 6) is -0.0477. The minimum atomic E-state index is -1.74. The van der Waals surface area contributed by atoms with E-state index in [1.54, 1.807) is 0 Å². The van der Waals surface area contributed by atoms with Crippen LogP contribution in [0.4, 0.5) is 5.95 Å². The van der Waals surface area contributed by atoms with Crippen LogP contribution in [0.1, 0.15) is 5.69 Å². The maximum Gasteiger partial charge on any atom is 0.280 e. The number of hydrogen-bond donors (Lipinski definition) is 2. The summed E-state index contributed by atoms with van der Waals surface area (Å²) < 4.78 is -1.74. The van der Waals surface area contributed by atoms with Crippen molar-refractivity contribution >= 4 is 51.9 Å². The first-order valence-corrected chi connectivity index (χ1v) is 5.11. The van der Waals surface area contributed by atoms with E-state index in [4.69, 9.17) is 40.5 Å². The summed E-state index contributed by atoms with van der Waals surface area (Å²) in [4.78, 5) is 25.2. The third-order valence-corrected chi connectivity index (χ3v) is 2.31. The molecule has 0 saturated heterocycles. The van der Waals surface area contributed by atoms with Gasteiger partial charge in [-0.1, -0.05) is 34.8 Å². The summed E-state index contributed by atoms with van der Waals surface area (Å²) >= 11 is 16.8. The molecular weight excluding hydrogens is 276 g/mol. The summed E-state index contributed by atoms with van der Waals surface area (Å²) in [6, 6.07) is 0. The summed E-state index contributed by atoms with van der Waals surface area (Å²) in [6.45, 7) is 0. The van der Waals surface area contributed by atoms with Crippen LogP contribution in [0.5, 0.6) is 0 Å². The number of nitrogens with two attached hydrogens (primary N) is 1. The summed E-state index contributed by atoms with van der Waals surface area (Å²) in [6.07, 6.45) is 1.22. The van der Waals surface area contributed by atoms with Gasteiger partial charge in [0.1, 0.15) is 5.69 Å². The quantitative estimate of drug-likeness (QED) is 0.705. The maximum absolute atomic E-state index is 11.5. The van der Waals surface area contributed by atoms with Crippen LogP contribution in [0.15, 0.2) is 11.0 Å². The van der Waals surface area contributed by atoms with Gasteiger partial charge in [0.25, 0.3) is 5.56 Å². The molecule has 0 bridgehead atoms. The van der Waals surface area contributed by atoms with Crippen LogP contribution >= 0.6 is 34.8 Å². The van der Waals surface area contributed by atoms with Gasteiger partial charge in [0.2, 0.25) is 9.74 Å². The molecule has 0 saturated carbocycles. The summed E-state index contributed by atoms with van der Waals surface area (Å²) in [5.41, 5.74) is 4.91. The van der Waals surface area contributed by atoms with E-state index in [-0.39, 0.29) is 22.8 Å². The highest BCUT2D eigenvalue weighted by Gasteiger charge is 2.26. The van der Waals surface area contributed by atoms with E-state index >= 15 is 0 Å². The lowest BCUT2D eigenvalue weighted by atomic mass is 10.4. The van der Waals surface area contributed by atoms with Crippen LogP contribution in [-0.4, -0.2) is 19.9 Å². The van der Waals surface area contributed by atoms with Gasteiger partial charge in [-0.3, -0.25) is 9.78 Å². The fourth-order valence-corrected chi connectivity index (χ4v) is 1.34. The monoisotopic (exact) mass is 279 g/mol. The molecule has 0 aliphatic heterocycles. The topological polar surface area (TPSA) is 97.5 Å². The van der Waals surface area contributed by atoms with Crippen molar-refractivity contribution < 1.29 is 0 Å². The normalized spacial score (nSPS) is 11.9. The van der Waals surface area contributed by atoms with E-state index in [0.29, 0.717) is 0 Å². The molecule has 2 aromatic heterocycles. The van der Waals surface area contributed by atoms with Gasteiger partial charge in [-0.25, -0.2) is 9.97 Å². The van der Waals surface area contributed by atoms with Crippen molar-refractivity contribution in [1.82, 2.24) is 19.9 Å². The molecule has 0 radical (unpaired) electrons. The Kier molecular flexibility index (Phi) is 2.65. The van der Waals surface area contributed by atoms with Crippen LogP contribution in [0.2, 0.25) is 0 Å². The minimum Gasteiger partial charge on any atom is -0.369 e. The van der Waals surface area contributed by atoms with Crippen LogP contribution in [0, 0.1) is 0 Å².